The van der Waals surface area contributed by atoms with E-state index in [1.807, 2.05) is 0 Å². The van der Waals surface area contributed by atoms with Gasteiger partial charge in [0.05, 0.1) is 12.7 Å². The molecule has 18 heavy (non-hydrogen) atoms. The van der Waals surface area contributed by atoms with Crippen LogP contribution in [0, 0.1) is 5.92 Å². The van der Waals surface area contributed by atoms with Crippen molar-refractivity contribution in [2.24, 2.45) is 5.92 Å². The van der Waals surface area contributed by atoms with Gasteiger partial charge >= 0.3 is 0 Å². The number of carbonyl (C=O) groups excluding carboxylic acids is 2. The largest absolute Gasteiger partial charge is 0.353 e. The number of rotatable bonds is 1. The van der Waals surface area contributed by atoms with Gasteiger partial charge in [-0.1, -0.05) is 0 Å². The molecule has 2 amide bonds. The Bertz CT molecular complexity index is 341. The molecule has 0 spiro atoms. The highest BCUT2D eigenvalue weighted by Gasteiger charge is 2.44. The van der Waals surface area contributed by atoms with E-state index in [-0.39, 0.29) is 62.5 Å². The van der Waals surface area contributed by atoms with Gasteiger partial charge in [0.15, 0.2) is 0 Å². The highest BCUT2D eigenvalue weighted by atomic mass is 16.7. The lowest BCUT2D eigenvalue weighted by molar-refractivity contribution is -0.309. The van der Waals surface area contributed by atoms with E-state index < -0.39 is 0 Å². The standard InChI is InChI=1S/C11H15NO6/c13-8-1-6(2-9(14)12-8)10-11-7(16-5-18-10)3-15-4-17-11/h6-7,10-11H,1-5H2,(H,12,13,14)/t7-,10-,11+/m1/s1. The lowest BCUT2D eigenvalue weighted by Gasteiger charge is -2.43. The number of hydrogen-bond acceptors (Lipinski definition) is 6. The molecule has 0 unspecified atom stereocenters. The Morgan fingerprint density at radius 3 is 2.44 bits per heavy atom. The molecule has 0 aliphatic carbocycles. The molecule has 0 radical (unpaired) electrons. The van der Waals surface area contributed by atoms with E-state index in [0.29, 0.717) is 6.61 Å². The van der Waals surface area contributed by atoms with Crippen molar-refractivity contribution in [1.82, 2.24) is 5.32 Å². The molecule has 7 heteroatoms. The molecule has 3 saturated heterocycles. The topological polar surface area (TPSA) is 83.1 Å². The van der Waals surface area contributed by atoms with E-state index in [1.165, 1.54) is 0 Å². The molecule has 7 nitrogen and oxygen atoms in total. The fraction of sp³-hybridized carbons (Fsp3) is 0.818. The SMILES string of the molecule is O=C1CC([C@H]2OCO[C@@H]3COCO[C@H]23)CC(=O)N1. The van der Waals surface area contributed by atoms with Gasteiger partial charge in [-0.15, -0.1) is 0 Å². The quantitative estimate of drug-likeness (QED) is 0.616. The van der Waals surface area contributed by atoms with E-state index >= 15 is 0 Å². The van der Waals surface area contributed by atoms with Gasteiger partial charge in [-0.05, 0) is 0 Å². The maximum Gasteiger partial charge on any atom is 0.226 e. The fourth-order valence-electron chi connectivity index (χ4n) is 2.69. The first-order valence-corrected chi connectivity index (χ1v) is 5.99. The van der Waals surface area contributed by atoms with Gasteiger partial charge in [-0.2, -0.15) is 0 Å². The van der Waals surface area contributed by atoms with Crippen molar-refractivity contribution < 1.29 is 28.5 Å². The van der Waals surface area contributed by atoms with Gasteiger partial charge in [0.1, 0.15) is 25.8 Å². The zero-order valence-electron chi connectivity index (χ0n) is 9.79. The number of fused-ring (bicyclic) bond motifs is 1. The highest BCUT2D eigenvalue weighted by Crippen LogP contribution is 2.30. The highest BCUT2D eigenvalue weighted by molar-refractivity contribution is 5.97. The van der Waals surface area contributed by atoms with Crippen LogP contribution in [0.3, 0.4) is 0 Å². The van der Waals surface area contributed by atoms with Gasteiger partial charge in [0.2, 0.25) is 11.8 Å². The second-order valence-electron chi connectivity index (χ2n) is 4.71. The molecule has 0 saturated carbocycles. The number of amides is 2. The Hall–Kier alpha value is -1.02. The minimum atomic E-state index is -0.289. The Morgan fingerprint density at radius 2 is 1.67 bits per heavy atom. The molecule has 3 heterocycles. The molecule has 0 aromatic carbocycles. The molecule has 3 fully saturated rings. The number of ether oxygens (including phenoxy) is 4. The van der Waals surface area contributed by atoms with E-state index in [4.69, 9.17) is 18.9 Å². The normalized spacial score (nSPS) is 38.1. The predicted molar refractivity (Wildman–Crippen MR) is 56.2 cm³/mol. The molecule has 100 valence electrons. The monoisotopic (exact) mass is 257 g/mol. The fourth-order valence-corrected chi connectivity index (χ4v) is 2.69. The molecule has 3 aliphatic rings. The van der Waals surface area contributed by atoms with Crippen LogP contribution in [0.2, 0.25) is 0 Å². The summed E-state index contributed by atoms with van der Waals surface area (Å²) in [6, 6.07) is 0. The lowest BCUT2D eigenvalue weighted by Crippen LogP contribution is -2.57. The van der Waals surface area contributed by atoms with Crippen LogP contribution < -0.4 is 5.32 Å². The Kier molecular flexibility index (Phi) is 3.29. The summed E-state index contributed by atoms with van der Waals surface area (Å²) < 4.78 is 21.6. The van der Waals surface area contributed by atoms with Crippen molar-refractivity contribution in [2.45, 2.75) is 31.2 Å². The van der Waals surface area contributed by atoms with E-state index in [9.17, 15) is 9.59 Å². The average molecular weight is 257 g/mol. The maximum absolute atomic E-state index is 11.4. The van der Waals surface area contributed by atoms with Gasteiger partial charge in [0, 0.05) is 18.8 Å². The van der Waals surface area contributed by atoms with Gasteiger partial charge in [0.25, 0.3) is 0 Å². The maximum atomic E-state index is 11.4. The molecular formula is C11H15NO6. The van der Waals surface area contributed by atoms with Gasteiger partial charge < -0.3 is 18.9 Å². The van der Waals surface area contributed by atoms with Crippen LogP contribution in [0.1, 0.15) is 12.8 Å². The Labute approximate surface area is 104 Å². The number of carbonyl (C=O) groups is 2. The van der Waals surface area contributed by atoms with E-state index in [1.54, 1.807) is 0 Å². The summed E-state index contributed by atoms with van der Waals surface area (Å²) in [6.07, 6.45) is -0.176. The zero-order valence-corrected chi connectivity index (χ0v) is 9.79. The summed E-state index contributed by atoms with van der Waals surface area (Å²) in [4.78, 5) is 22.8. The van der Waals surface area contributed by atoms with Crippen molar-refractivity contribution in [2.75, 3.05) is 20.2 Å². The number of piperidine rings is 1. The van der Waals surface area contributed by atoms with Crippen molar-refractivity contribution in [1.29, 1.82) is 0 Å². The molecular weight excluding hydrogens is 242 g/mol. The third-order valence-corrected chi connectivity index (χ3v) is 3.50. The van der Waals surface area contributed by atoms with Crippen LogP contribution >= 0.6 is 0 Å². The second kappa shape index (κ2) is 4.93. The number of imide groups is 1. The second-order valence-corrected chi connectivity index (χ2v) is 4.71. The molecule has 3 aliphatic heterocycles. The summed E-state index contributed by atoms with van der Waals surface area (Å²) in [5.74, 6) is -0.661. The molecule has 3 rings (SSSR count). The molecule has 0 aromatic heterocycles. The zero-order chi connectivity index (χ0) is 12.5. The number of hydrogen-bond donors (Lipinski definition) is 1. The van der Waals surface area contributed by atoms with E-state index in [2.05, 4.69) is 5.32 Å². The van der Waals surface area contributed by atoms with Crippen molar-refractivity contribution in [3.63, 3.8) is 0 Å². The number of nitrogens with one attached hydrogen (secondary N) is 1. The molecule has 0 bridgehead atoms. The Balaban J connectivity index is 1.73. The van der Waals surface area contributed by atoms with Crippen molar-refractivity contribution in [3.05, 3.63) is 0 Å². The first-order chi connectivity index (χ1) is 8.74. The smallest absolute Gasteiger partial charge is 0.226 e. The summed E-state index contributed by atoms with van der Waals surface area (Å²) in [5.41, 5.74) is 0. The average Bonchev–Trinajstić information content (AvgIpc) is 2.37. The Morgan fingerprint density at radius 1 is 0.944 bits per heavy atom. The van der Waals surface area contributed by atoms with Gasteiger partial charge in [-0.3, -0.25) is 14.9 Å². The first-order valence-electron chi connectivity index (χ1n) is 5.99. The molecule has 1 N–H and O–H groups in total. The van der Waals surface area contributed by atoms with Crippen LogP contribution in [0.25, 0.3) is 0 Å². The minimum absolute atomic E-state index is 0.144. The summed E-state index contributed by atoms with van der Waals surface area (Å²) in [6.45, 7) is 0.791. The summed E-state index contributed by atoms with van der Waals surface area (Å²) >= 11 is 0. The van der Waals surface area contributed by atoms with Crippen LogP contribution in [0.4, 0.5) is 0 Å². The van der Waals surface area contributed by atoms with Gasteiger partial charge in [-0.25, -0.2) is 0 Å². The predicted octanol–water partition coefficient (Wildman–Crippen LogP) is -0.846. The third-order valence-electron chi connectivity index (χ3n) is 3.50. The summed E-state index contributed by atoms with van der Waals surface area (Å²) in [7, 11) is 0. The molecule has 0 aromatic rings. The van der Waals surface area contributed by atoms with E-state index in [0.717, 1.165) is 0 Å². The minimum Gasteiger partial charge on any atom is -0.353 e. The third kappa shape index (κ3) is 2.26. The summed E-state index contributed by atoms with van der Waals surface area (Å²) in [5, 5.41) is 2.29. The van der Waals surface area contributed by atoms with Crippen molar-refractivity contribution >= 4 is 11.8 Å². The lowest BCUT2D eigenvalue weighted by atomic mass is 9.86. The first kappa shape index (κ1) is 12.0. The van der Waals surface area contributed by atoms with Crippen LogP contribution in [0.15, 0.2) is 0 Å². The van der Waals surface area contributed by atoms with Crippen LogP contribution in [-0.2, 0) is 28.5 Å². The molecule has 3 atom stereocenters. The van der Waals surface area contributed by atoms with Crippen LogP contribution in [-0.4, -0.2) is 50.3 Å². The van der Waals surface area contributed by atoms with Crippen molar-refractivity contribution in [3.8, 4) is 0 Å². The van der Waals surface area contributed by atoms with Crippen LogP contribution in [0.5, 0.6) is 0 Å².